The van der Waals surface area contributed by atoms with Gasteiger partial charge in [0.2, 0.25) is 5.91 Å². The summed E-state index contributed by atoms with van der Waals surface area (Å²) in [4.78, 5) is 35.2. The second-order valence-electron chi connectivity index (χ2n) is 9.61. The first kappa shape index (κ1) is 21.1. The molecule has 0 aliphatic carbocycles. The van der Waals surface area contributed by atoms with E-state index in [4.69, 9.17) is 4.99 Å². The number of hydrogen-bond donors (Lipinski definition) is 0. The van der Waals surface area contributed by atoms with E-state index >= 15 is 0 Å². The average molecular weight is 453 g/mol. The van der Waals surface area contributed by atoms with Gasteiger partial charge in [0.1, 0.15) is 6.33 Å². The van der Waals surface area contributed by atoms with Crippen LogP contribution in [-0.4, -0.2) is 55.5 Å². The average Bonchev–Trinajstić information content (AvgIpc) is 3.26. The Hall–Kier alpha value is -3.45. The van der Waals surface area contributed by atoms with E-state index in [9.17, 15) is 4.79 Å². The molecule has 3 aromatic rings. The molecule has 0 saturated carbocycles. The van der Waals surface area contributed by atoms with E-state index < -0.39 is 0 Å². The summed E-state index contributed by atoms with van der Waals surface area (Å²) in [6, 6.07) is 8.87. The second kappa shape index (κ2) is 8.72. The topological polar surface area (TPSA) is 74.6 Å². The Bertz CT molecular complexity index is 1270. The first-order valence-corrected chi connectivity index (χ1v) is 12.0. The Balaban J connectivity index is 1.23. The van der Waals surface area contributed by atoms with Gasteiger partial charge in [0.15, 0.2) is 0 Å². The molecule has 1 fully saturated rings. The van der Waals surface area contributed by atoms with Crippen molar-refractivity contribution in [3.8, 4) is 0 Å². The summed E-state index contributed by atoms with van der Waals surface area (Å²) in [5.74, 6) is 0.242. The molecule has 1 saturated heterocycles. The predicted octanol–water partition coefficient (Wildman–Crippen LogP) is 3.08. The van der Waals surface area contributed by atoms with Crippen molar-refractivity contribution >= 4 is 11.6 Å². The largest absolute Gasteiger partial charge is 0.334 e. The van der Waals surface area contributed by atoms with Crippen LogP contribution in [-0.2, 0) is 30.8 Å². The number of fused-ring (bicyclic) bond motifs is 2. The summed E-state index contributed by atoms with van der Waals surface area (Å²) in [6.45, 7) is 6.13. The fraction of sp³-hybridized carbons (Fsp3) is 0.370. The first-order chi connectivity index (χ1) is 16.6. The Morgan fingerprint density at radius 3 is 2.82 bits per heavy atom. The third kappa shape index (κ3) is 4.01. The quantitative estimate of drug-likeness (QED) is 0.608. The van der Waals surface area contributed by atoms with Crippen molar-refractivity contribution in [1.29, 1.82) is 0 Å². The molecule has 0 radical (unpaired) electrons. The highest BCUT2D eigenvalue weighted by atomic mass is 16.2. The number of hydrogen-bond acceptors (Lipinski definition) is 6. The van der Waals surface area contributed by atoms with Crippen LogP contribution in [0.5, 0.6) is 0 Å². The van der Waals surface area contributed by atoms with Crippen molar-refractivity contribution in [1.82, 2.24) is 24.8 Å². The molecule has 7 nitrogen and oxygen atoms in total. The number of pyridine rings is 1. The number of aliphatic imine (C=N–C) groups is 1. The van der Waals surface area contributed by atoms with Crippen molar-refractivity contribution in [2.24, 2.45) is 4.99 Å². The van der Waals surface area contributed by atoms with Crippen LogP contribution in [0.3, 0.4) is 0 Å². The molecule has 0 unspecified atom stereocenters. The number of benzene rings is 1. The van der Waals surface area contributed by atoms with Crippen LogP contribution in [0.15, 0.2) is 54.2 Å². The third-order valence-corrected chi connectivity index (χ3v) is 7.20. The zero-order valence-electron chi connectivity index (χ0n) is 19.4. The molecular weight excluding hydrogens is 424 g/mol. The molecule has 0 bridgehead atoms. The number of amides is 1. The van der Waals surface area contributed by atoms with Gasteiger partial charge in [-0.3, -0.25) is 19.7 Å². The fourth-order valence-electron chi connectivity index (χ4n) is 5.56. The van der Waals surface area contributed by atoms with Gasteiger partial charge in [-0.1, -0.05) is 6.07 Å². The summed E-state index contributed by atoms with van der Waals surface area (Å²) in [7, 11) is 0. The highest BCUT2D eigenvalue weighted by Gasteiger charge is 2.33. The number of likely N-dealkylation sites (tertiary alicyclic amines) is 1. The van der Waals surface area contributed by atoms with Gasteiger partial charge in [-0.2, -0.15) is 0 Å². The number of rotatable bonds is 4. The summed E-state index contributed by atoms with van der Waals surface area (Å²) < 4.78 is 0. The predicted molar refractivity (Wildman–Crippen MR) is 129 cm³/mol. The molecule has 0 N–H and O–H groups in total. The Morgan fingerprint density at radius 1 is 1.09 bits per heavy atom. The highest BCUT2D eigenvalue weighted by molar-refractivity contribution is 6.15. The molecule has 0 spiro atoms. The van der Waals surface area contributed by atoms with E-state index in [-0.39, 0.29) is 11.9 Å². The lowest BCUT2D eigenvalue weighted by molar-refractivity contribution is -0.135. The van der Waals surface area contributed by atoms with Crippen molar-refractivity contribution in [3.63, 3.8) is 0 Å². The molecule has 3 aliphatic rings. The molecule has 1 amide bonds. The van der Waals surface area contributed by atoms with E-state index in [0.717, 1.165) is 60.6 Å². The van der Waals surface area contributed by atoms with Gasteiger partial charge < -0.3 is 4.90 Å². The van der Waals surface area contributed by atoms with Crippen LogP contribution in [0.1, 0.15) is 51.9 Å². The van der Waals surface area contributed by atoms with E-state index in [0.29, 0.717) is 19.5 Å². The van der Waals surface area contributed by atoms with Gasteiger partial charge in [0, 0.05) is 66.7 Å². The van der Waals surface area contributed by atoms with E-state index in [1.165, 1.54) is 16.7 Å². The molecule has 5 heterocycles. The fourth-order valence-corrected chi connectivity index (χ4v) is 5.56. The molecule has 6 rings (SSSR count). The summed E-state index contributed by atoms with van der Waals surface area (Å²) in [5, 5.41) is 0. The maximum Gasteiger partial charge on any atom is 0.227 e. The lowest BCUT2D eigenvalue weighted by atomic mass is 9.90. The first-order valence-electron chi connectivity index (χ1n) is 12.0. The number of carbonyl (C=O) groups excluding carboxylic acids is 1. The summed E-state index contributed by atoms with van der Waals surface area (Å²) in [5.41, 5.74) is 9.11. The maximum atomic E-state index is 13.2. The Kier molecular flexibility index (Phi) is 5.41. The lowest BCUT2D eigenvalue weighted by Gasteiger charge is -2.41. The minimum absolute atomic E-state index is 0.239. The van der Waals surface area contributed by atoms with Gasteiger partial charge >= 0.3 is 0 Å². The van der Waals surface area contributed by atoms with Crippen LogP contribution in [0.25, 0.3) is 0 Å². The van der Waals surface area contributed by atoms with Crippen LogP contribution in [0.2, 0.25) is 0 Å². The van der Waals surface area contributed by atoms with Crippen molar-refractivity contribution in [2.75, 3.05) is 13.1 Å². The number of nitrogens with zero attached hydrogens (tertiary/aromatic N) is 6. The minimum atomic E-state index is 0.239. The van der Waals surface area contributed by atoms with Crippen LogP contribution in [0.4, 0.5) is 0 Å². The van der Waals surface area contributed by atoms with Crippen molar-refractivity contribution < 1.29 is 4.79 Å². The minimum Gasteiger partial charge on any atom is -0.334 e. The zero-order valence-corrected chi connectivity index (χ0v) is 19.4. The van der Waals surface area contributed by atoms with Gasteiger partial charge in [0.25, 0.3) is 0 Å². The Morgan fingerprint density at radius 2 is 1.97 bits per heavy atom. The van der Waals surface area contributed by atoms with Gasteiger partial charge in [0.05, 0.1) is 18.7 Å². The SMILES string of the molecule is Cc1cc(C2=NCc3cc4c(cc32)CN([C@@H]2CCCN(Cc3cncnc3)C2)C(=O)C4)ccn1. The van der Waals surface area contributed by atoms with Crippen molar-refractivity contribution in [3.05, 3.63) is 88.3 Å². The molecule has 1 atom stereocenters. The summed E-state index contributed by atoms with van der Waals surface area (Å²) >= 11 is 0. The number of carbonyl (C=O) groups is 1. The third-order valence-electron chi connectivity index (χ3n) is 7.20. The van der Waals surface area contributed by atoms with Crippen LogP contribution < -0.4 is 0 Å². The molecule has 1 aromatic carbocycles. The standard InChI is InChI=1S/C27H28N6O/c1-18-7-20(4-5-30-18)27-25-9-23-15-33(26(34)10-21(23)8-22(25)13-31-27)24-3-2-6-32(16-24)14-19-11-28-17-29-12-19/h4-5,7-9,11-12,17,24H,2-3,6,10,13-16H2,1H3/t24-/m1/s1. The normalized spacial score (nSPS) is 20.1. The van der Waals surface area contributed by atoms with Gasteiger partial charge in [-0.25, -0.2) is 9.97 Å². The monoisotopic (exact) mass is 452 g/mol. The molecule has 7 heteroatoms. The second-order valence-corrected chi connectivity index (χ2v) is 9.61. The molecule has 2 aromatic heterocycles. The van der Waals surface area contributed by atoms with Crippen LogP contribution in [0, 0.1) is 6.92 Å². The molecule has 34 heavy (non-hydrogen) atoms. The maximum absolute atomic E-state index is 13.2. The van der Waals surface area contributed by atoms with Gasteiger partial charge in [-0.05, 0) is 61.2 Å². The zero-order chi connectivity index (χ0) is 23.1. The van der Waals surface area contributed by atoms with E-state index in [1.54, 1.807) is 6.33 Å². The lowest BCUT2D eigenvalue weighted by Crippen LogP contribution is -2.51. The highest BCUT2D eigenvalue weighted by Crippen LogP contribution is 2.32. The number of aromatic nitrogens is 3. The van der Waals surface area contributed by atoms with Crippen LogP contribution >= 0.6 is 0 Å². The smallest absolute Gasteiger partial charge is 0.227 e. The Labute approximate surface area is 199 Å². The van der Waals surface area contributed by atoms with E-state index in [2.05, 4.69) is 43.0 Å². The van der Waals surface area contributed by atoms with E-state index in [1.807, 2.05) is 31.6 Å². The molecule has 172 valence electrons. The molecular formula is C27H28N6O. The number of aryl methyl sites for hydroxylation is 1. The van der Waals surface area contributed by atoms with Crippen molar-refractivity contribution in [2.45, 2.75) is 51.9 Å². The van der Waals surface area contributed by atoms with Gasteiger partial charge in [-0.15, -0.1) is 0 Å². The number of piperidine rings is 1. The summed E-state index contributed by atoms with van der Waals surface area (Å²) in [6.07, 6.45) is 9.80. The molecule has 3 aliphatic heterocycles.